The number of benzene rings is 1. The standard InChI is InChI=1S/C18H24N4O5/c1-14-9-15(19-27-14)11-20-5-7-21(8-6-20)12-17(23)13-26-18-4-2-3-16(10-18)22(24)25/h2-4,9-10,17,23H,5-8,11-13H2,1H3. The summed E-state index contributed by atoms with van der Waals surface area (Å²) in [7, 11) is 0. The Kier molecular flexibility index (Phi) is 6.38. The van der Waals surface area contributed by atoms with Crippen LogP contribution in [-0.2, 0) is 6.54 Å². The number of nitro benzene ring substituents is 1. The van der Waals surface area contributed by atoms with E-state index < -0.39 is 11.0 Å². The van der Waals surface area contributed by atoms with Gasteiger partial charge in [-0.15, -0.1) is 0 Å². The van der Waals surface area contributed by atoms with E-state index in [1.165, 1.54) is 12.1 Å². The number of nitro groups is 1. The van der Waals surface area contributed by atoms with Crippen LogP contribution in [0.3, 0.4) is 0 Å². The fraction of sp³-hybridized carbons (Fsp3) is 0.500. The summed E-state index contributed by atoms with van der Waals surface area (Å²) in [4.78, 5) is 14.8. The topological polar surface area (TPSA) is 105 Å². The van der Waals surface area contributed by atoms with Gasteiger partial charge in [0.05, 0.1) is 16.7 Å². The summed E-state index contributed by atoms with van der Waals surface area (Å²) < 4.78 is 10.6. The predicted molar refractivity (Wildman–Crippen MR) is 97.6 cm³/mol. The van der Waals surface area contributed by atoms with Crippen molar-refractivity contribution in [1.82, 2.24) is 15.0 Å². The smallest absolute Gasteiger partial charge is 0.273 e. The van der Waals surface area contributed by atoms with Gasteiger partial charge in [0, 0.05) is 51.4 Å². The maximum absolute atomic E-state index is 10.8. The van der Waals surface area contributed by atoms with Crippen LogP contribution >= 0.6 is 0 Å². The van der Waals surface area contributed by atoms with Crippen molar-refractivity contribution in [1.29, 1.82) is 0 Å². The normalized spacial score (nSPS) is 17.0. The second-order valence-corrected chi connectivity index (χ2v) is 6.72. The molecule has 1 aliphatic heterocycles. The third-order valence-electron chi connectivity index (χ3n) is 4.47. The third kappa shape index (κ3) is 5.75. The van der Waals surface area contributed by atoms with Gasteiger partial charge in [-0.05, 0) is 13.0 Å². The highest BCUT2D eigenvalue weighted by Gasteiger charge is 2.20. The number of hydrogen-bond acceptors (Lipinski definition) is 8. The third-order valence-corrected chi connectivity index (χ3v) is 4.47. The summed E-state index contributed by atoms with van der Waals surface area (Å²) in [5.41, 5.74) is 0.909. The summed E-state index contributed by atoms with van der Waals surface area (Å²) in [6, 6.07) is 7.92. The van der Waals surface area contributed by atoms with Crippen molar-refractivity contribution in [2.75, 3.05) is 39.3 Å². The van der Waals surface area contributed by atoms with E-state index >= 15 is 0 Å². The fourth-order valence-electron chi connectivity index (χ4n) is 3.08. The van der Waals surface area contributed by atoms with Gasteiger partial charge in [-0.1, -0.05) is 11.2 Å². The Bertz CT molecular complexity index is 758. The molecule has 3 rings (SSSR count). The molecule has 0 amide bonds. The second-order valence-electron chi connectivity index (χ2n) is 6.72. The lowest BCUT2D eigenvalue weighted by Gasteiger charge is -2.35. The van der Waals surface area contributed by atoms with Crippen LogP contribution in [0.5, 0.6) is 5.75 Å². The first-order valence-electron chi connectivity index (χ1n) is 8.92. The first-order valence-corrected chi connectivity index (χ1v) is 8.92. The Balaban J connectivity index is 1.38. The van der Waals surface area contributed by atoms with Crippen LogP contribution < -0.4 is 4.74 Å². The molecule has 0 radical (unpaired) electrons. The largest absolute Gasteiger partial charge is 0.491 e. The van der Waals surface area contributed by atoms with Crippen LogP contribution in [0.2, 0.25) is 0 Å². The van der Waals surface area contributed by atoms with E-state index in [-0.39, 0.29) is 12.3 Å². The van der Waals surface area contributed by atoms with E-state index in [0.717, 1.165) is 44.2 Å². The predicted octanol–water partition coefficient (Wildman–Crippen LogP) is 1.45. The molecule has 146 valence electrons. The monoisotopic (exact) mass is 376 g/mol. The van der Waals surface area contributed by atoms with Crippen LogP contribution in [0.4, 0.5) is 5.69 Å². The maximum atomic E-state index is 10.8. The zero-order valence-corrected chi connectivity index (χ0v) is 15.3. The molecular formula is C18H24N4O5. The molecule has 9 nitrogen and oxygen atoms in total. The highest BCUT2D eigenvalue weighted by Crippen LogP contribution is 2.19. The van der Waals surface area contributed by atoms with Crippen molar-refractivity contribution in [2.45, 2.75) is 19.6 Å². The number of hydrogen-bond donors (Lipinski definition) is 1. The number of aromatic nitrogens is 1. The Hall–Kier alpha value is -2.49. The van der Waals surface area contributed by atoms with Crippen molar-refractivity contribution in [3.63, 3.8) is 0 Å². The minimum absolute atomic E-state index is 0.0274. The number of aliphatic hydroxyl groups excluding tert-OH is 1. The highest BCUT2D eigenvalue weighted by molar-refractivity contribution is 5.37. The molecule has 1 unspecified atom stereocenters. The minimum atomic E-state index is -0.658. The van der Waals surface area contributed by atoms with E-state index in [1.54, 1.807) is 12.1 Å². The van der Waals surface area contributed by atoms with E-state index in [2.05, 4.69) is 15.0 Å². The van der Waals surface area contributed by atoms with Gasteiger partial charge in [0.15, 0.2) is 0 Å². The van der Waals surface area contributed by atoms with Crippen LogP contribution in [0, 0.1) is 17.0 Å². The molecule has 9 heteroatoms. The Morgan fingerprint density at radius 2 is 2.04 bits per heavy atom. The van der Waals surface area contributed by atoms with Crippen LogP contribution in [0.1, 0.15) is 11.5 Å². The molecule has 1 aliphatic rings. The van der Waals surface area contributed by atoms with Gasteiger partial charge >= 0.3 is 0 Å². The van der Waals surface area contributed by atoms with Crippen molar-refractivity contribution >= 4 is 5.69 Å². The zero-order chi connectivity index (χ0) is 19.2. The van der Waals surface area contributed by atoms with Gasteiger partial charge < -0.3 is 14.4 Å². The molecule has 0 saturated carbocycles. The molecule has 2 heterocycles. The SMILES string of the molecule is Cc1cc(CN2CCN(CC(O)COc3cccc([N+](=O)[O-])c3)CC2)no1. The van der Waals surface area contributed by atoms with Crippen LogP contribution in [0.15, 0.2) is 34.9 Å². The number of piperazine rings is 1. The van der Waals surface area contributed by atoms with E-state index in [0.29, 0.717) is 12.3 Å². The lowest BCUT2D eigenvalue weighted by Crippen LogP contribution is -2.48. The first kappa shape index (κ1) is 19.3. The second kappa shape index (κ2) is 8.94. The van der Waals surface area contributed by atoms with E-state index in [4.69, 9.17) is 9.26 Å². The molecule has 1 N–H and O–H groups in total. The Morgan fingerprint density at radius 1 is 1.30 bits per heavy atom. The van der Waals surface area contributed by atoms with Gasteiger partial charge in [-0.25, -0.2) is 0 Å². The summed E-state index contributed by atoms with van der Waals surface area (Å²) in [5, 5.41) is 25.0. The van der Waals surface area contributed by atoms with Gasteiger partial charge in [-0.2, -0.15) is 0 Å². The summed E-state index contributed by atoms with van der Waals surface area (Å²) in [5.74, 6) is 1.20. The van der Waals surface area contributed by atoms with Crippen LogP contribution in [0.25, 0.3) is 0 Å². The molecule has 27 heavy (non-hydrogen) atoms. The van der Waals surface area contributed by atoms with Crippen LogP contribution in [-0.4, -0.2) is 70.4 Å². The summed E-state index contributed by atoms with van der Waals surface area (Å²) in [6.07, 6.45) is -0.658. The summed E-state index contributed by atoms with van der Waals surface area (Å²) >= 11 is 0. The Morgan fingerprint density at radius 3 is 2.70 bits per heavy atom. The number of aryl methyl sites for hydroxylation is 1. The molecule has 1 saturated heterocycles. The maximum Gasteiger partial charge on any atom is 0.273 e. The van der Waals surface area contributed by atoms with Gasteiger partial charge in [0.2, 0.25) is 0 Å². The molecule has 1 atom stereocenters. The number of nitrogens with zero attached hydrogens (tertiary/aromatic N) is 4. The van der Waals surface area contributed by atoms with Gasteiger partial charge in [0.25, 0.3) is 5.69 Å². The number of β-amino-alcohol motifs (C(OH)–C–C–N with tert-alkyl or cyclic N) is 1. The zero-order valence-electron chi connectivity index (χ0n) is 15.3. The van der Waals surface area contributed by atoms with Crippen molar-refractivity contribution in [3.8, 4) is 5.75 Å². The molecule has 2 aromatic rings. The summed E-state index contributed by atoms with van der Waals surface area (Å²) in [6.45, 7) is 6.74. The quantitative estimate of drug-likeness (QED) is 0.545. The van der Waals surface area contributed by atoms with Gasteiger partial charge in [-0.3, -0.25) is 19.9 Å². The Labute approximate surface area is 157 Å². The molecule has 1 fully saturated rings. The van der Waals surface area contributed by atoms with Gasteiger partial charge in [0.1, 0.15) is 24.2 Å². The first-order chi connectivity index (χ1) is 13.0. The van der Waals surface area contributed by atoms with E-state index in [9.17, 15) is 15.2 Å². The van der Waals surface area contributed by atoms with Crippen molar-refractivity contribution < 1.29 is 19.3 Å². The number of ether oxygens (including phenoxy) is 1. The fourth-order valence-corrected chi connectivity index (χ4v) is 3.08. The lowest BCUT2D eigenvalue weighted by atomic mass is 10.2. The number of aliphatic hydroxyl groups is 1. The molecule has 0 bridgehead atoms. The number of non-ortho nitro benzene ring substituents is 1. The molecule has 1 aromatic heterocycles. The van der Waals surface area contributed by atoms with E-state index in [1.807, 2.05) is 13.0 Å². The average molecular weight is 376 g/mol. The minimum Gasteiger partial charge on any atom is -0.491 e. The van der Waals surface area contributed by atoms with Crippen molar-refractivity contribution in [2.24, 2.45) is 0 Å². The number of rotatable bonds is 8. The molecular weight excluding hydrogens is 352 g/mol. The average Bonchev–Trinajstić information content (AvgIpc) is 3.06. The molecule has 1 aromatic carbocycles. The lowest BCUT2D eigenvalue weighted by molar-refractivity contribution is -0.384. The molecule has 0 aliphatic carbocycles. The highest BCUT2D eigenvalue weighted by atomic mass is 16.6. The molecule has 0 spiro atoms. The van der Waals surface area contributed by atoms with Crippen molar-refractivity contribution in [3.05, 3.63) is 51.9 Å².